The third kappa shape index (κ3) is 2.89. The van der Waals surface area contributed by atoms with E-state index in [0.29, 0.717) is 46.3 Å². The molecule has 1 saturated carbocycles. The summed E-state index contributed by atoms with van der Waals surface area (Å²) >= 11 is 0. The number of nitrogens with one attached hydrogen (secondary N) is 1. The number of hydrogen-bond donors (Lipinski definition) is 2. The Morgan fingerprint density at radius 2 is 2.07 bits per heavy atom. The first-order valence-electron chi connectivity index (χ1n) is 9.63. The van der Waals surface area contributed by atoms with Crippen molar-refractivity contribution in [1.29, 1.82) is 0 Å². The van der Waals surface area contributed by atoms with E-state index in [4.69, 9.17) is 15.1 Å². The van der Waals surface area contributed by atoms with Gasteiger partial charge in [-0.1, -0.05) is 0 Å². The molecule has 0 atom stereocenters. The van der Waals surface area contributed by atoms with E-state index < -0.39 is 5.91 Å². The number of anilines is 1. The molecule has 8 heteroatoms. The fourth-order valence-electron chi connectivity index (χ4n) is 3.80. The lowest BCUT2D eigenvalue weighted by Gasteiger charge is -2.14. The number of aryl methyl sites for hydroxylation is 3. The number of carbonyl (C=O) groups is 1. The monoisotopic (exact) mass is 378 g/mol. The summed E-state index contributed by atoms with van der Waals surface area (Å²) in [5.41, 5.74) is 8.62. The number of carbonyl (C=O) groups excluding carboxylic acids is 1. The maximum atomic E-state index is 12.0. The fraction of sp³-hybridized carbons (Fsp3) is 0.450. The van der Waals surface area contributed by atoms with Gasteiger partial charge in [-0.2, -0.15) is 4.98 Å². The Labute approximate surface area is 162 Å². The van der Waals surface area contributed by atoms with Crippen molar-refractivity contribution in [2.75, 3.05) is 5.32 Å². The Morgan fingerprint density at radius 3 is 2.82 bits per heavy atom. The summed E-state index contributed by atoms with van der Waals surface area (Å²) in [6, 6.07) is 0. The molecule has 0 bridgehead atoms. The van der Waals surface area contributed by atoms with Crippen molar-refractivity contribution in [3.63, 3.8) is 0 Å². The SMILES string of the molecule is Cc1oc2nc(Cc3ncc4c(n3)CCC4)nc(NC3(C)CC3)c2c1C(N)=O. The van der Waals surface area contributed by atoms with Crippen LogP contribution in [0.2, 0.25) is 0 Å². The molecule has 5 rings (SSSR count). The van der Waals surface area contributed by atoms with Gasteiger partial charge in [-0.3, -0.25) is 4.79 Å². The summed E-state index contributed by atoms with van der Waals surface area (Å²) in [5, 5.41) is 4.00. The molecule has 3 heterocycles. The van der Waals surface area contributed by atoms with E-state index in [1.54, 1.807) is 6.92 Å². The van der Waals surface area contributed by atoms with Crippen LogP contribution in [0.3, 0.4) is 0 Å². The number of hydrogen-bond acceptors (Lipinski definition) is 7. The third-order valence-electron chi connectivity index (χ3n) is 5.62. The van der Waals surface area contributed by atoms with E-state index in [1.165, 1.54) is 5.56 Å². The van der Waals surface area contributed by atoms with Crippen LogP contribution in [0.5, 0.6) is 0 Å². The lowest BCUT2D eigenvalue weighted by molar-refractivity contribution is 0.1000. The van der Waals surface area contributed by atoms with Gasteiger partial charge in [0, 0.05) is 17.4 Å². The zero-order chi connectivity index (χ0) is 19.5. The lowest BCUT2D eigenvalue weighted by atomic mass is 10.1. The highest BCUT2D eigenvalue weighted by molar-refractivity contribution is 6.09. The van der Waals surface area contributed by atoms with Crippen molar-refractivity contribution in [3.05, 3.63) is 40.4 Å². The number of fused-ring (bicyclic) bond motifs is 2. The van der Waals surface area contributed by atoms with Crippen LogP contribution in [0.25, 0.3) is 11.1 Å². The smallest absolute Gasteiger partial charge is 0.253 e. The summed E-state index contributed by atoms with van der Waals surface area (Å²) in [7, 11) is 0. The van der Waals surface area contributed by atoms with Gasteiger partial charge in [0.2, 0.25) is 5.71 Å². The van der Waals surface area contributed by atoms with Gasteiger partial charge in [0.25, 0.3) is 5.91 Å². The van der Waals surface area contributed by atoms with Crippen LogP contribution in [-0.4, -0.2) is 31.4 Å². The van der Waals surface area contributed by atoms with Gasteiger partial charge in [0.1, 0.15) is 23.2 Å². The van der Waals surface area contributed by atoms with Crippen molar-refractivity contribution in [3.8, 4) is 0 Å². The molecule has 144 valence electrons. The van der Waals surface area contributed by atoms with E-state index in [-0.39, 0.29) is 5.54 Å². The minimum Gasteiger partial charge on any atom is -0.442 e. The molecule has 0 saturated heterocycles. The Balaban J connectivity index is 1.59. The molecule has 28 heavy (non-hydrogen) atoms. The molecule has 2 aliphatic carbocycles. The average molecular weight is 378 g/mol. The number of aromatic nitrogens is 4. The number of nitrogens with zero attached hydrogens (tertiary/aromatic N) is 4. The minimum atomic E-state index is -0.543. The average Bonchev–Trinajstić information content (AvgIpc) is 3.04. The van der Waals surface area contributed by atoms with E-state index in [1.807, 2.05) is 6.20 Å². The molecule has 1 amide bonds. The van der Waals surface area contributed by atoms with Crippen molar-refractivity contribution in [1.82, 2.24) is 19.9 Å². The molecule has 3 N–H and O–H groups in total. The maximum Gasteiger partial charge on any atom is 0.253 e. The summed E-state index contributed by atoms with van der Waals surface area (Å²) < 4.78 is 5.76. The molecule has 8 nitrogen and oxygen atoms in total. The normalized spacial score (nSPS) is 16.9. The van der Waals surface area contributed by atoms with Gasteiger partial charge in [-0.25, -0.2) is 15.0 Å². The van der Waals surface area contributed by atoms with Crippen LogP contribution < -0.4 is 11.1 Å². The van der Waals surface area contributed by atoms with Gasteiger partial charge in [-0.05, 0) is 51.5 Å². The van der Waals surface area contributed by atoms with Crippen molar-refractivity contribution in [2.24, 2.45) is 5.73 Å². The second kappa shape index (κ2) is 5.98. The molecule has 0 spiro atoms. The number of primary amides is 1. The molecule has 0 aromatic carbocycles. The largest absolute Gasteiger partial charge is 0.442 e. The van der Waals surface area contributed by atoms with Gasteiger partial charge in [0.05, 0.1) is 17.4 Å². The van der Waals surface area contributed by atoms with Crippen LogP contribution in [0.15, 0.2) is 10.6 Å². The predicted octanol–water partition coefficient (Wildman–Crippen LogP) is 2.46. The lowest BCUT2D eigenvalue weighted by Crippen LogP contribution is -2.19. The van der Waals surface area contributed by atoms with E-state index >= 15 is 0 Å². The molecular formula is C20H22N6O2. The number of nitrogens with two attached hydrogens (primary N) is 1. The molecular weight excluding hydrogens is 356 g/mol. The standard InChI is InChI=1S/C20H22N6O2/c1-10-15(17(21)27)16-18(26-20(2)6-7-20)24-14(25-19(16)28-10)8-13-22-9-11-4-3-5-12(11)23-13/h9H,3-8H2,1-2H3,(H2,21,27)(H,24,25,26). The minimum absolute atomic E-state index is 0.0251. The molecule has 3 aromatic heterocycles. The van der Waals surface area contributed by atoms with Crippen molar-refractivity contribution >= 4 is 22.8 Å². The summed E-state index contributed by atoms with van der Waals surface area (Å²) in [6.07, 6.45) is 7.58. The first-order chi connectivity index (χ1) is 13.4. The second-order valence-corrected chi connectivity index (χ2v) is 8.04. The van der Waals surface area contributed by atoms with Crippen LogP contribution in [-0.2, 0) is 19.3 Å². The summed E-state index contributed by atoms with van der Waals surface area (Å²) in [4.78, 5) is 30.4. The molecule has 2 aliphatic rings. The Bertz CT molecular complexity index is 1120. The fourth-order valence-corrected chi connectivity index (χ4v) is 3.80. The van der Waals surface area contributed by atoms with E-state index in [0.717, 1.165) is 37.8 Å². The van der Waals surface area contributed by atoms with Crippen molar-refractivity contribution < 1.29 is 9.21 Å². The highest BCUT2D eigenvalue weighted by atomic mass is 16.3. The molecule has 0 aliphatic heterocycles. The Hall–Kier alpha value is -3.03. The Kier molecular flexibility index (Phi) is 3.65. The van der Waals surface area contributed by atoms with Crippen LogP contribution in [0.4, 0.5) is 5.82 Å². The van der Waals surface area contributed by atoms with Gasteiger partial charge in [-0.15, -0.1) is 0 Å². The summed E-state index contributed by atoms with van der Waals surface area (Å²) in [6.45, 7) is 3.84. The zero-order valence-corrected chi connectivity index (χ0v) is 16.0. The highest BCUT2D eigenvalue weighted by Gasteiger charge is 2.38. The summed E-state index contributed by atoms with van der Waals surface area (Å²) in [5.74, 6) is 1.75. The molecule has 0 radical (unpaired) electrons. The van der Waals surface area contributed by atoms with E-state index in [2.05, 4.69) is 27.2 Å². The van der Waals surface area contributed by atoms with Crippen LogP contribution in [0, 0.1) is 6.92 Å². The van der Waals surface area contributed by atoms with Crippen LogP contribution >= 0.6 is 0 Å². The quantitative estimate of drug-likeness (QED) is 0.700. The molecule has 0 unspecified atom stereocenters. The predicted molar refractivity (Wildman–Crippen MR) is 103 cm³/mol. The van der Waals surface area contributed by atoms with E-state index in [9.17, 15) is 4.79 Å². The second-order valence-electron chi connectivity index (χ2n) is 8.04. The van der Waals surface area contributed by atoms with Crippen molar-refractivity contribution in [2.45, 2.75) is 57.9 Å². The topological polar surface area (TPSA) is 120 Å². The van der Waals surface area contributed by atoms with Crippen LogP contribution in [0.1, 0.15) is 65.2 Å². The van der Waals surface area contributed by atoms with Gasteiger partial charge in [0.15, 0.2) is 0 Å². The maximum absolute atomic E-state index is 12.0. The number of rotatable bonds is 5. The van der Waals surface area contributed by atoms with Gasteiger partial charge < -0.3 is 15.5 Å². The number of amides is 1. The first kappa shape index (κ1) is 17.1. The molecule has 3 aromatic rings. The Morgan fingerprint density at radius 1 is 1.25 bits per heavy atom. The van der Waals surface area contributed by atoms with Gasteiger partial charge >= 0.3 is 0 Å². The third-order valence-corrected chi connectivity index (χ3v) is 5.62. The first-order valence-corrected chi connectivity index (χ1v) is 9.63. The zero-order valence-electron chi connectivity index (χ0n) is 16.0. The highest BCUT2D eigenvalue weighted by Crippen LogP contribution is 2.40. The number of furan rings is 1. The molecule has 1 fully saturated rings.